The molecule has 0 unspecified atom stereocenters. The number of benzene rings is 2. The molecule has 1 aliphatic heterocycles. The minimum Gasteiger partial charge on any atom is -0.493 e. The third-order valence-corrected chi connectivity index (χ3v) is 5.53. The van der Waals surface area contributed by atoms with Crippen LogP contribution in [0.15, 0.2) is 46.0 Å². The Bertz CT molecular complexity index is 1030. The number of hydrogen-bond acceptors (Lipinski definition) is 8. The van der Waals surface area contributed by atoms with Crippen LogP contribution < -0.4 is 19.5 Å². The smallest absolute Gasteiger partial charge is 0.247 e. The van der Waals surface area contributed by atoms with Crippen molar-refractivity contribution in [1.82, 2.24) is 15.2 Å². The minimum absolute atomic E-state index is 0.420. The van der Waals surface area contributed by atoms with Crippen LogP contribution in [-0.4, -0.2) is 35.7 Å². The summed E-state index contributed by atoms with van der Waals surface area (Å²) in [6, 6.07) is 11.6. The van der Waals surface area contributed by atoms with Gasteiger partial charge < -0.3 is 19.5 Å². The van der Waals surface area contributed by atoms with Crippen molar-refractivity contribution < 1.29 is 14.2 Å². The molecule has 0 fully saturated rings. The Labute approximate surface area is 175 Å². The number of thioether (sulfide) groups is 1. The van der Waals surface area contributed by atoms with E-state index in [0.717, 1.165) is 21.3 Å². The average Bonchev–Trinajstić information content (AvgIpc) is 2.89. The highest BCUT2D eigenvalue weighted by Gasteiger charge is 2.28. The van der Waals surface area contributed by atoms with Crippen LogP contribution in [-0.2, 0) is 0 Å². The van der Waals surface area contributed by atoms with Crippen LogP contribution >= 0.6 is 27.7 Å². The minimum atomic E-state index is -0.525. The zero-order valence-electron chi connectivity index (χ0n) is 15.4. The number of nitrogens with one attached hydrogen (secondary N) is 1. The van der Waals surface area contributed by atoms with Crippen molar-refractivity contribution in [3.8, 4) is 28.6 Å². The van der Waals surface area contributed by atoms with E-state index in [2.05, 4.69) is 36.4 Å². The van der Waals surface area contributed by atoms with Crippen LogP contribution in [0.4, 0.5) is 5.69 Å². The van der Waals surface area contributed by atoms with E-state index in [4.69, 9.17) is 14.2 Å². The van der Waals surface area contributed by atoms with Crippen LogP contribution in [0.3, 0.4) is 0 Å². The Kier molecular flexibility index (Phi) is 5.27. The summed E-state index contributed by atoms with van der Waals surface area (Å²) in [5, 5.41) is 12.5. The van der Waals surface area contributed by atoms with Crippen molar-refractivity contribution >= 4 is 33.4 Å². The van der Waals surface area contributed by atoms with Gasteiger partial charge in [-0.2, -0.15) is 4.98 Å². The fourth-order valence-corrected chi connectivity index (χ4v) is 3.77. The molecule has 0 bridgehead atoms. The summed E-state index contributed by atoms with van der Waals surface area (Å²) in [6.07, 6.45) is 1.37. The number of anilines is 1. The molecule has 3 aromatic rings. The SMILES string of the molecule is COc1cc(Br)c([C@H]2Nc3ccccc3-c3nnc(SC)nc3O2)cc1OC. The first kappa shape index (κ1) is 18.8. The molecule has 28 heavy (non-hydrogen) atoms. The van der Waals surface area contributed by atoms with Crippen LogP contribution in [0, 0.1) is 0 Å². The highest BCUT2D eigenvalue weighted by Crippen LogP contribution is 2.42. The van der Waals surface area contributed by atoms with Gasteiger partial charge in [0.05, 0.1) is 14.2 Å². The van der Waals surface area contributed by atoms with Gasteiger partial charge in [-0.3, -0.25) is 0 Å². The molecule has 144 valence electrons. The average molecular weight is 461 g/mol. The van der Waals surface area contributed by atoms with Crippen LogP contribution in [0.2, 0.25) is 0 Å². The van der Waals surface area contributed by atoms with E-state index in [-0.39, 0.29) is 0 Å². The first-order valence-electron chi connectivity index (χ1n) is 8.37. The predicted molar refractivity (Wildman–Crippen MR) is 111 cm³/mol. The lowest BCUT2D eigenvalue weighted by Gasteiger charge is -2.22. The molecule has 2 aromatic carbocycles. The van der Waals surface area contributed by atoms with Crippen molar-refractivity contribution in [2.24, 2.45) is 0 Å². The Balaban J connectivity index is 1.86. The summed E-state index contributed by atoms with van der Waals surface area (Å²) >= 11 is 5.02. The van der Waals surface area contributed by atoms with E-state index >= 15 is 0 Å². The lowest BCUT2D eigenvalue weighted by atomic mass is 10.1. The normalized spacial score (nSPS) is 14.8. The van der Waals surface area contributed by atoms with Gasteiger partial charge in [-0.05, 0) is 24.5 Å². The second kappa shape index (κ2) is 7.84. The summed E-state index contributed by atoms with van der Waals surface area (Å²) in [5.41, 5.74) is 3.19. The van der Waals surface area contributed by atoms with E-state index in [9.17, 15) is 0 Å². The standard InChI is InChI=1S/C19H17BrN4O3S/c1-25-14-8-11(12(20)9-15(14)26-2)17-21-13-7-5-4-6-10(13)16-18(27-17)22-19(28-3)24-23-16/h4-9,17,21H,1-3H3/t17-/m0/s1. The molecule has 1 aliphatic rings. The molecule has 1 N–H and O–H groups in total. The molecule has 1 aromatic heterocycles. The van der Waals surface area contributed by atoms with E-state index in [1.54, 1.807) is 14.2 Å². The number of nitrogens with zero attached hydrogens (tertiary/aromatic N) is 3. The second-order valence-corrected chi connectivity index (χ2v) is 7.50. The number of aromatic nitrogens is 3. The van der Waals surface area contributed by atoms with E-state index in [1.807, 2.05) is 42.7 Å². The Hall–Kier alpha value is -2.52. The highest BCUT2D eigenvalue weighted by molar-refractivity contribution is 9.10. The monoisotopic (exact) mass is 460 g/mol. The van der Waals surface area contributed by atoms with Gasteiger partial charge >= 0.3 is 0 Å². The van der Waals surface area contributed by atoms with Gasteiger partial charge in [0.1, 0.15) is 0 Å². The van der Waals surface area contributed by atoms with Crippen LogP contribution in [0.25, 0.3) is 11.3 Å². The van der Waals surface area contributed by atoms with E-state index in [1.165, 1.54) is 11.8 Å². The highest BCUT2D eigenvalue weighted by atomic mass is 79.9. The van der Waals surface area contributed by atoms with Crippen molar-refractivity contribution in [1.29, 1.82) is 0 Å². The molecule has 2 heterocycles. The van der Waals surface area contributed by atoms with Gasteiger partial charge in [-0.25, -0.2) is 0 Å². The second-order valence-electron chi connectivity index (χ2n) is 5.87. The quantitative estimate of drug-likeness (QED) is 0.568. The van der Waals surface area contributed by atoms with Gasteiger partial charge in [0.15, 0.2) is 23.4 Å². The molecule has 7 nitrogen and oxygen atoms in total. The van der Waals surface area contributed by atoms with E-state index in [0.29, 0.717) is 28.2 Å². The van der Waals surface area contributed by atoms with E-state index < -0.39 is 6.23 Å². The van der Waals surface area contributed by atoms with Gasteiger partial charge in [0, 0.05) is 21.3 Å². The van der Waals surface area contributed by atoms with Crippen molar-refractivity contribution in [3.05, 3.63) is 46.4 Å². The Morgan fingerprint density at radius 3 is 2.61 bits per heavy atom. The van der Waals surface area contributed by atoms with Gasteiger partial charge in [-0.15, -0.1) is 10.2 Å². The number of halogens is 1. The molecular weight excluding hydrogens is 444 g/mol. The van der Waals surface area contributed by atoms with Crippen molar-refractivity contribution in [2.45, 2.75) is 11.4 Å². The molecular formula is C19H17BrN4O3S. The maximum atomic E-state index is 6.26. The summed E-state index contributed by atoms with van der Waals surface area (Å²) in [5.74, 6) is 1.65. The Morgan fingerprint density at radius 1 is 1.11 bits per heavy atom. The number of rotatable bonds is 4. The number of methoxy groups -OCH3 is 2. The van der Waals surface area contributed by atoms with Gasteiger partial charge in [0.2, 0.25) is 11.0 Å². The lowest BCUT2D eigenvalue weighted by Crippen LogP contribution is -2.18. The Morgan fingerprint density at radius 2 is 1.86 bits per heavy atom. The molecule has 0 saturated heterocycles. The molecule has 4 rings (SSSR count). The molecule has 1 atom stereocenters. The van der Waals surface area contributed by atoms with Crippen molar-refractivity contribution in [2.75, 3.05) is 25.8 Å². The molecule has 0 saturated carbocycles. The maximum Gasteiger partial charge on any atom is 0.247 e. The maximum absolute atomic E-state index is 6.26. The summed E-state index contributed by atoms with van der Waals surface area (Å²) in [6.45, 7) is 0. The molecule has 0 aliphatic carbocycles. The van der Waals surface area contributed by atoms with Gasteiger partial charge in [-0.1, -0.05) is 45.9 Å². The third kappa shape index (κ3) is 3.35. The fraction of sp³-hybridized carbons (Fsp3) is 0.211. The number of fused-ring (bicyclic) bond motifs is 3. The first-order chi connectivity index (χ1) is 13.6. The van der Waals surface area contributed by atoms with Crippen molar-refractivity contribution in [3.63, 3.8) is 0 Å². The van der Waals surface area contributed by atoms with Crippen LogP contribution in [0.5, 0.6) is 17.4 Å². The summed E-state index contributed by atoms with van der Waals surface area (Å²) in [4.78, 5) is 4.53. The molecule has 9 heteroatoms. The zero-order chi connectivity index (χ0) is 19.7. The number of para-hydroxylation sites is 1. The predicted octanol–water partition coefficient (Wildman–Crippen LogP) is 4.54. The number of ether oxygens (including phenoxy) is 3. The zero-order valence-corrected chi connectivity index (χ0v) is 17.8. The van der Waals surface area contributed by atoms with Crippen LogP contribution in [0.1, 0.15) is 11.8 Å². The molecule has 0 spiro atoms. The number of hydrogen-bond donors (Lipinski definition) is 1. The topological polar surface area (TPSA) is 78.4 Å². The van der Waals surface area contributed by atoms with Gasteiger partial charge in [0.25, 0.3) is 0 Å². The summed E-state index contributed by atoms with van der Waals surface area (Å²) < 4.78 is 17.9. The largest absolute Gasteiger partial charge is 0.493 e. The molecule has 0 radical (unpaired) electrons. The molecule has 0 amide bonds. The first-order valence-corrected chi connectivity index (χ1v) is 10.4. The third-order valence-electron chi connectivity index (χ3n) is 4.30. The lowest BCUT2D eigenvalue weighted by molar-refractivity contribution is 0.223. The summed E-state index contributed by atoms with van der Waals surface area (Å²) in [7, 11) is 3.20. The fourth-order valence-electron chi connectivity index (χ4n) is 2.95.